The first kappa shape index (κ1) is 93.7. The monoisotopic (exact) mass is 1550 g/mol. The molecule has 0 amide bonds. The number of hydrazone groups is 2. The molecule has 2 aliphatic rings. The van der Waals surface area contributed by atoms with Crippen molar-refractivity contribution < 1.29 is 307 Å². The SMILES string of the molecule is O=C1/C(=N/Nc2cccc(Nc3ccc(N/N=C4/C(=O)c5cc(N=Nc6ccc(NCS(=O)(=O)[O-])cc6NCS(=O)(=O)[O-])ccc5C=C4S(=O)(=O)[O-])cc3S(=O)(=O)[O-])c2)C(S(=O)(=O)[O-])=Cc2ccc(N=Nc3ccc(NCS(=O)(=O)[O-])cc3NCS(=O)(=O)[O-])cc21.[Na+].[Na+].[Na+].[Na+].[Na+].[Na+].[Na+]. The van der Waals surface area contributed by atoms with E-state index in [1.165, 1.54) is 66.7 Å². The fourth-order valence-electron chi connectivity index (χ4n) is 7.96. The molecule has 6 aromatic carbocycles. The summed E-state index contributed by atoms with van der Waals surface area (Å²) < 4.78 is 248. The normalized spacial score (nSPS) is 13.9. The van der Waals surface area contributed by atoms with Crippen molar-refractivity contribution >= 4 is 174 Å². The van der Waals surface area contributed by atoms with Crippen molar-refractivity contribution in [2.75, 3.05) is 60.9 Å². The topological polar surface area (TPSA) is 593 Å². The third kappa shape index (κ3) is 27.6. The maximum absolute atomic E-state index is 13.9. The number of carbonyl (C=O) groups is 2. The van der Waals surface area contributed by atoms with Crippen LogP contribution in [0, 0.1) is 0 Å². The standard InChI is InChI=1S/C48H43N13O23S7.7Na/c62-47-35-17-32(54-58-37-11-8-28(49-22-85(64,65)66)19-40(37)51-24-87(70,71)72)6-4-26(35)14-43(90(79,80)81)45(47)60-56-31-3-1-2-30(16-31)53-39-13-10-34(21-42(39)89(76,77)78)57-61-46-44(91(82,83)84)15-27-5-7-33(18-36(27)48(46)63)55-59-38-12-9-29(50-23-86(67,68)69)20-41(38)52-25-88(73,74)75;;;;;;;/h1-21,49-53,56-57H,22-25H2,(H,64,65,66)(H,67,68,69)(H,70,71,72)(H,73,74,75)(H,76,77,78)(H,79,80,81)(H,82,83,84);;;;;;;/q;7*+1/p-7/b58-54?,59-55?,60-45+,61-46+;;;;;;;. The van der Waals surface area contributed by atoms with Crippen LogP contribution in [0.4, 0.5) is 68.2 Å². The van der Waals surface area contributed by atoms with E-state index in [2.05, 4.69) is 68.1 Å². The minimum Gasteiger partial charge on any atom is -0.747 e. The summed E-state index contributed by atoms with van der Waals surface area (Å²) in [6.07, 6.45) is 1.63. The van der Waals surface area contributed by atoms with Gasteiger partial charge in [0.15, 0.2) is 0 Å². The van der Waals surface area contributed by atoms with Gasteiger partial charge in [0.2, 0.25) is 11.6 Å². The van der Waals surface area contributed by atoms with E-state index in [-0.39, 0.29) is 292 Å². The van der Waals surface area contributed by atoms with Crippen LogP contribution in [0.1, 0.15) is 31.8 Å². The first-order valence-electron chi connectivity index (χ1n) is 24.4. The molecular weight excluding hydrogens is 1510 g/mol. The molecule has 0 radical (unpaired) electrons. The largest absolute Gasteiger partial charge is 1.00 e. The van der Waals surface area contributed by atoms with Crippen LogP contribution in [0.5, 0.6) is 0 Å². The second-order valence-corrected chi connectivity index (χ2v) is 28.2. The zero-order chi connectivity index (χ0) is 66.6. The Morgan fingerprint density at radius 2 is 0.714 bits per heavy atom. The molecule has 0 saturated carbocycles. The van der Waals surface area contributed by atoms with E-state index >= 15 is 0 Å². The van der Waals surface area contributed by atoms with Crippen molar-refractivity contribution in [2.24, 2.45) is 30.7 Å². The van der Waals surface area contributed by atoms with E-state index in [9.17, 15) is 100 Å². The first-order valence-corrected chi connectivity index (χ1v) is 35.0. The second kappa shape index (κ2) is 38.6. The molecule has 98 heavy (non-hydrogen) atoms. The average molecular weight is 1550 g/mol. The predicted octanol–water partition coefficient (Wildman–Crippen LogP) is -17.0. The van der Waals surface area contributed by atoms with Crippen LogP contribution < -0.4 is 244 Å². The van der Waals surface area contributed by atoms with Gasteiger partial charge in [-0.3, -0.25) is 20.4 Å². The third-order valence-electron chi connectivity index (χ3n) is 11.9. The Morgan fingerprint density at radius 1 is 0.347 bits per heavy atom. The fourth-order valence-corrected chi connectivity index (χ4v) is 11.3. The molecular formula is C48H36N13Na7O23S7. The zero-order valence-corrected chi connectivity index (χ0v) is 71.6. The van der Waals surface area contributed by atoms with Gasteiger partial charge in [-0.1, -0.05) is 18.2 Å². The van der Waals surface area contributed by atoms with E-state index in [0.29, 0.717) is 6.07 Å². The van der Waals surface area contributed by atoms with E-state index < -0.39 is 138 Å². The molecule has 0 unspecified atom stereocenters. The second-order valence-electron chi connectivity index (χ2n) is 18.5. The third-order valence-corrected chi connectivity index (χ3v) is 16.5. The van der Waals surface area contributed by atoms with Crippen molar-refractivity contribution in [1.82, 2.24) is 0 Å². The number of Topliss-reactive ketones (excluding diaryl/α,β-unsaturated/α-hetero) is 2. The zero-order valence-electron chi connectivity index (χ0n) is 51.9. The number of rotatable bonds is 25. The molecule has 8 rings (SSSR count). The maximum Gasteiger partial charge on any atom is 1.00 e. The maximum atomic E-state index is 13.9. The summed E-state index contributed by atoms with van der Waals surface area (Å²) >= 11 is 0. The summed E-state index contributed by atoms with van der Waals surface area (Å²) in [6.45, 7) is 0. The molecule has 0 aliphatic heterocycles. The number of anilines is 8. The van der Waals surface area contributed by atoms with Gasteiger partial charge in [0.05, 0.1) is 54.5 Å². The summed E-state index contributed by atoms with van der Waals surface area (Å²) in [7, 11) is -35.7. The number of ketones is 2. The van der Waals surface area contributed by atoms with Crippen LogP contribution in [0.2, 0.25) is 0 Å². The molecule has 0 heterocycles. The van der Waals surface area contributed by atoms with Gasteiger partial charge in [0.25, 0.3) is 0 Å². The first-order chi connectivity index (χ1) is 42.2. The number of hydrogen-bond donors (Lipinski definition) is 7. The number of azo groups is 2. The summed E-state index contributed by atoms with van der Waals surface area (Å²) in [6, 6.07) is 22.0. The Bertz CT molecular complexity index is 5100. The van der Waals surface area contributed by atoms with E-state index in [4.69, 9.17) is 0 Å². The van der Waals surface area contributed by atoms with Gasteiger partial charge in [-0.05, 0) is 120 Å². The number of allylic oxidation sites excluding steroid dienone is 2. The van der Waals surface area contributed by atoms with Crippen LogP contribution in [0.3, 0.4) is 0 Å². The number of nitrogens with zero attached hydrogens (tertiary/aromatic N) is 6. The predicted molar refractivity (Wildman–Crippen MR) is 317 cm³/mol. The Labute approximate surface area is 714 Å². The number of fused-ring (bicyclic) bond motifs is 2. The van der Waals surface area contributed by atoms with Crippen LogP contribution >= 0.6 is 0 Å². The molecule has 0 saturated heterocycles. The number of carbonyl (C=O) groups excluding carboxylic acids is 2. The van der Waals surface area contributed by atoms with Crippen molar-refractivity contribution in [2.45, 2.75) is 4.90 Å². The van der Waals surface area contributed by atoms with Gasteiger partial charge in [-0.15, -0.1) is 10.2 Å². The van der Waals surface area contributed by atoms with E-state index in [1.54, 1.807) is 0 Å². The fraction of sp³-hybridized carbons (Fsp3) is 0.0833. The Hall–Kier alpha value is -2.35. The summed E-state index contributed by atoms with van der Waals surface area (Å²) in [4.78, 5) is 24.7. The number of nitrogens with one attached hydrogen (secondary N) is 7. The minimum absolute atomic E-state index is 0. The quantitative estimate of drug-likeness (QED) is 0.0121. The van der Waals surface area contributed by atoms with Gasteiger partial charge in [0.1, 0.15) is 117 Å². The van der Waals surface area contributed by atoms with Crippen LogP contribution in [-0.2, 0) is 70.8 Å². The number of benzene rings is 6. The minimum atomic E-state index is -5.51. The molecule has 0 atom stereocenters. The molecule has 0 aromatic heterocycles. The molecule has 0 bridgehead atoms. The molecule has 50 heteroatoms. The molecule has 36 nitrogen and oxygen atoms in total. The van der Waals surface area contributed by atoms with Crippen LogP contribution in [0.15, 0.2) is 161 Å². The van der Waals surface area contributed by atoms with Gasteiger partial charge < -0.3 is 58.5 Å². The molecule has 2 aliphatic carbocycles. The molecule has 480 valence electrons. The van der Waals surface area contributed by atoms with Crippen LogP contribution in [0.25, 0.3) is 12.2 Å². The van der Waals surface area contributed by atoms with Crippen molar-refractivity contribution in [3.63, 3.8) is 0 Å². The van der Waals surface area contributed by atoms with Crippen molar-refractivity contribution in [1.29, 1.82) is 0 Å². The Balaban J connectivity index is 0.00000686. The van der Waals surface area contributed by atoms with Gasteiger partial charge in [0, 0.05) is 28.2 Å². The van der Waals surface area contributed by atoms with Crippen molar-refractivity contribution in [3.8, 4) is 0 Å². The Morgan fingerprint density at radius 3 is 1.09 bits per heavy atom. The van der Waals surface area contributed by atoms with Crippen molar-refractivity contribution in [3.05, 3.63) is 147 Å². The van der Waals surface area contributed by atoms with Crippen LogP contribution in [-0.4, -0.2) is 137 Å². The van der Waals surface area contributed by atoms with Gasteiger partial charge in [-0.2, -0.15) is 20.4 Å². The smallest absolute Gasteiger partial charge is 0.747 e. The van der Waals surface area contributed by atoms with Gasteiger partial charge in [-0.25, -0.2) is 58.9 Å². The van der Waals surface area contributed by atoms with E-state index in [0.717, 1.165) is 54.6 Å². The summed E-state index contributed by atoms with van der Waals surface area (Å²) in [5.41, 5.74) is 0.0291. The molecule has 0 fully saturated rings. The molecule has 6 aromatic rings. The average Bonchev–Trinajstić information content (AvgIpc) is 0.775. The number of hydrogen-bond acceptors (Lipinski definition) is 36. The summed E-state index contributed by atoms with van der Waals surface area (Å²) in [5.74, 6) is -6.83. The molecule has 0 spiro atoms. The van der Waals surface area contributed by atoms with Gasteiger partial charge >= 0.3 is 207 Å². The summed E-state index contributed by atoms with van der Waals surface area (Å²) in [5, 5.41) is 35.5. The Kier molecular flexibility index (Phi) is 36.9. The molecule has 7 N–H and O–H groups in total. The van der Waals surface area contributed by atoms with E-state index in [1.807, 2.05) is 0 Å².